The molecule has 37 heavy (non-hydrogen) atoms. The Balaban J connectivity index is 1.67. The first-order chi connectivity index (χ1) is 18.0. The summed E-state index contributed by atoms with van der Waals surface area (Å²) in [6, 6.07) is 11.5. The van der Waals surface area contributed by atoms with Gasteiger partial charge in [-0.25, -0.2) is 14.8 Å². The molecule has 0 saturated carbocycles. The summed E-state index contributed by atoms with van der Waals surface area (Å²) in [4.78, 5) is 26.8. The number of para-hydroxylation sites is 2. The minimum absolute atomic E-state index is 0.191. The van der Waals surface area contributed by atoms with Crippen molar-refractivity contribution in [3.63, 3.8) is 0 Å². The topological polar surface area (TPSA) is 98.8 Å². The molecule has 0 spiro atoms. The van der Waals surface area contributed by atoms with E-state index in [0.29, 0.717) is 41.5 Å². The maximum absolute atomic E-state index is 11.9. The van der Waals surface area contributed by atoms with Crippen LogP contribution in [0.4, 0.5) is 0 Å². The van der Waals surface area contributed by atoms with E-state index in [0.717, 1.165) is 54.0 Å². The van der Waals surface area contributed by atoms with Gasteiger partial charge in [-0.05, 0) is 57.7 Å². The fourth-order valence-electron chi connectivity index (χ4n) is 4.66. The molecule has 1 saturated heterocycles. The molecule has 4 aromatic rings. The van der Waals surface area contributed by atoms with Crippen LogP contribution in [0.1, 0.15) is 19.0 Å². The molecule has 0 aliphatic carbocycles. The molecule has 0 amide bonds. The molecule has 0 radical (unpaired) electrons. The minimum atomic E-state index is -0.540. The van der Waals surface area contributed by atoms with E-state index in [4.69, 9.17) is 23.9 Å². The number of nitrogens with zero attached hydrogens (tertiary/aromatic N) is 6. The molecule has 1 fully saturated rings. The summed E-state index contributed by atoms with van der Waals surface area (Å²) in [5.41, 5.74) is 4.50. The normalized spacial score (nSPS) is 15.1. The van der Waals surface area contributed by atoms with Crippen molar-refractivity contribution in [2.45, 2.75) is 19.9 Å². The van der Waals surface area contributed by atoms with Gasteiger partial charge in [0.2, 0.25) is 5.89 Å². The standard InChI is InChI=1S/C27H32N6O4/c1-5-36-23-16-18(26-30-32(3)27(34)37-26)15-22(35-4)24(23)25-21(17-33-12-8-11-31(2)13-14-33)28-19-9-6-7-10-20(19)29-25/h6-7,9-10,15-16H,5,8,11-14,17H2,1-4H3. The van der Waals surface area contributed by atoms with Crippen LogP contribution in [0.3, 0.4) is 0 Å². The minimum Gasteiger partial charge on any atom is -0.496 e. The molecule has 1 aliphatic heterocycles. The molecule has 0 unspecified atom stereocenters. The molecule has 2 aromatic heterocycles. The van der Waals surface area contributed by atoms with Gasteiger partial charge in [0.05, 0.1) is 36.0 Å². The molecule has 0 N–H and O–H groups in total. The lowest BCUT2D eigenvalue weighted by atomic mass is 10.0. The molecule has 3 heterocycles. The smallest absolute Gasteiger partial charge is 0.437 e. The number of aryl methyl sites for hydroxylation is 1. The van der Waals surface area contributed by atoms with Crippen LogP contribution in [0.5, 0.6) is 11.5 Å². The Labute approximate surface area is 215 Å². The molecule has 10 nitrogen and oxygen atoms in total. The number of benzene rings is 2. The van der Waals surface area contributed by atoms with Crippen molar-refractivity contribution in [3.8, 4) is 34.2 Å². The number of ether oxygens (including phenoxy) is 2. The third kappa shape index (κ3) is 5.21. The molecule has 194 valence electrons. The van der Waals surface area contributed by atoms with Crippen molar-refractivity contribution >= 4 is 11.0 Å². The molecule has 0 atom stereocenters. The van der Waals surface area contributed by atoms with Crippen LogP contribution >= 0.6 is 0 Å². The fraction of sp³-hybridized carbons (Fsp3) is 0.407. The average Bonchev–Trinajstić information content (AvgIpc) is 3.10. The van der Waals surface area contributed by atoms with E-state index in [1.807, 2.05) is 37.3 Å². The third-order valence-electron chi connectivity index (χ3n) is 6.59. The van der Waals surface area contributed by atoms with Crippen molar-refractivity contribution in [3.05, 3.63) is 52.6 Å². The number of methoxy groups -OCH3 is 1. The second-order valence-corrected chi connectivity index (χ2v) is 9.22. The van der Waals surface area contributed by atoms with Gasteiger partial charge < -0.3 is 18.8 Å². The Morgan fingerprint density at radius 3 is 2.46 bits per heavy atom. The van der Waals surface area contributed by atoms with Gasteiger partial charge in [0.1, 0.15) is 17.2 Å². The molecular formula is C27H32N6O4. The summed E-state index contributed by atoms with van der Waals surface area (Å²) in [7, 11) is 5.31. The zero-order valence-electron chi connectivity index (χ0n) is 21.7. The van der Waals surface area contributed by atoms with E-state index in [9.17, 15) is 4.79 Å². The molecule has 5 rings (SSSR count). The molecule has 10 heteroatoms. The SMILES string of the molecule is CCOc1cc(-c2nn(C)c(=O)o2)cc(OC)c1-c1nc2ccccc2nc1CN1CCCN(C)CC1. The quantitative estimate of drug-likeness (QED) is 0.376. The highest BCUT2D eigenvalue weighted by Gasteiger charge is 2.25. The summed E-state index contributed by atoms with van der Waals surface area (Å²) in [6.07, 6.45) is 1.10. The monoisotopic (exact) mass is 504 g/mol. The summed E-state index contributed by atoms with van der Waals surface area (Å²) in [6.45, 7) is 7.05. The maximum Gasteiger partial charge on any atom is 0.437 e. The Morgan fingerprint density at radius 1 is 1.00 bits per heavy atom. The summed E-state index contributed by atoms with van der Waals surface area (Å²) in [5.74, 6) is 0.751. The van der Waals surface area contributed by atoms with Crippen molar-refractivity contribution in [1.82, 2.24) is 29.5 Å². The van der Waals surface area contributed by atoms with Gasteiger partial charge in [-0.3, -0.25) is 4.90 Å². The van der Waals surface area contributed by atoms with Crippen molar-refractivity contribution < 1.29 is 13.9 Å². The number of aromatic nitrogens is 4. The predicted octanol–water partition coefficient (Wildman–Crippen LogP) is 3.20. The predicted molar refractivity (Wildman–Crippen MR) is 141 cm³/mol. The Kier molecular flexibility index (Phi) is 7.20. The highest BCUT2D eigenvalue weighted by Crippen LogP contribution is 2.42. The van der Waals surface area contributed by atoms with Gasteiger partial charge in [0.15, 0.2) is 0 Å². The first-order valence-corrected chi connectivity index (χ1v) is 12.5. The summed E-state index contributed by atoms with van der Waals surface area (Å²) < 4.78 is 18.4. The Morgan fingerprint density at radius 2 is 1.76 bits per heavy atom. The average molecular weight is 505 g/mol. The van der Waals surface area contributed by atoms with Gasteiger partial charge in [-0.1, -0.05) is 12.1 Å². The Bertz CT molecular complexity index is 1460. The second-order valence-electron chi connectivity index (χ2n) is 9.22. The number of likely N-dealkylation sites (N-methyl/N-ethyl adjacent to an activating group) is 1. The summed E-state index contributed by atoms with van der Waals surface area (Å²) in [5, 5.41) is 4.20. The summed E-state index contributed by atoms with van der Waals surface area (Å²) >= 11 is 0. The van der Waals surface area contributed by atoms with Crippen molar-refractivity contribution in [2.24, 2.45) is 7.05 Å². The van der Waals surface area contributed by atoms with E-state index in [1.54, 1.807) is 20.2 Å². The van der Waals surface area contributed by atoms with Gasteiger partial charge in [0, 0.05) is 32.2 Å². The van der Waals surface area contributed by atoms with E-state index >= 15 is 0 Å². The third-order valence-corrected chi connectivity index (χ3v) is 6.59. The largest absolute Gasteiger partial charge is 0.496 e. The lowest BCUT2D eigenvalue weighted by Gasteiger charge is -2.22. The van der Waals surface area contributed by atoms with Crippen LogP contribution in [-0.2, 0) is 13.6 Å². The van der Waals surface area contributed by atoms with Crippen molar-refractivity contribution in [1.29, 1.82) is 0 Å². The highest BCUT2D eigenvalue weighted by atomic mass is 16.5. The second kappa shape index (κ2) is 10.7. The maximum atomic E-state index is 11.9. The van der Waals surface area contributed by atoms with Gasteiger partial charge >= 0.3 is 5.76 Å². The van der Waals surface area contributed by atoms with E-state index in [2.05, 4.69) is 21.9 Å². The van der Waals surface area contributed by atoms with Crippen LogP contribution in [0.25, 0.3) is 33.7 Å². The molecule has 0 bridgehead atoms. The van der Waals surface area contributed by atoms with E-state index in [-0.39, 0.29) is 5.89 Å². The van der Waals surface area contributed by atoms with Gasteiger partial charge in [-0.2, -0.15) is 4.68 Å². The lowest BCUT2D eigenvalue weighted by Crippen LogP contribution is -2.29. The molecular weight excluding hydrogens is 472 g/mol. The van der Waals surface area contributed by atoms with E-state index < -0.39 is 5.76 Å². The first-order valence-electron chi connectivity index (χ1n) is 12.5. The number of rotatable bonds is 7. The molecule has 2 aromatic carbocycles. The lowest BCUT2D eigenvalue weighted by molar-refractivity contribution is 0.267. The van der Waals surface area contributed by atoms with Crippen LogP contribution in [0.15, 0.2) is 45.6 Å². The Hall–Kier alpha value is -3.76. The first kappa shape index (κ1) is 24.9. The number of hydrogen-bond acceptors (Lipinski definition) is 9. The zero-order chi connectivity index (χ0) is 25.9. The van der Waals surface area contributed by atoms with E-state index in [1.165, 1.54) is 0 Å². The molecule has 1 aliphatic rings. The van der Waals surface area contributed by atoms with Gasteiger partial charge in [0.25, 0.3) is 0 Å². The van der Waals surface area contributed by atoms with Crippen molar-refractivity contribution in [2.75, 3.05) is 46.9 Å². The number of hydrogen-bond donors (Lipinski definition) is 0. The van der Waals surface area contributed by atoms with Crippen LogP contribution < -0.4 is 15.2 Å². The van der Waals surface area contributed by atoms with Gasteiger partial charge in [-0.15, -0.1) is 5.10 Å². The number of fused-ring (bicyclic) bond motifs is 1. The zero-order valence-corrected chi connectivity index (χ0v) is 21.7. The fourth-order valence-corrected chi connectivity index (χ4v) is 4.66. The highest BCUT2D eigenvalue weighted by molar-refractivity contribution is 5.84. The van der Waals surface area contributed by atoms with Crippen LogP contribution in [0, 0.1) is 0 Å². The van der Waals surface area contributed by atoms with Crippen LogP contribution in [-0.4, -0.2) is 76.5 Å². The van der Waals surface area contributed by atoms with Crippen LogP contribution in [0.2, 0.25) is 0 Å².